The maximum atomic E-state index is 12.3. The van der Waals surface area contributed by atoms with Crippen LogP contribution >= 0.6 is 23.5 Å². The Bertz CT molecular complexity index is 1350. The summed E-state index contributed by atoms with van der Waals surface area (Å²) in [7, 11) is 0. The van der Waals surface area contributed by atoms with Crippen molar-refractivity contribution in [3.05, 3.63) is 128 Å². The van der Waals surface area contributed by atoms with Crippen molar-refractivity contribution in [2.45, 2.75) is 20.3 Å². The van der Waals surface area contributed by atoms with Gasteiger partial charge >= 0.3 is 11.9 Å². The molecule has 38 heavy (non-hydrogen) atoms. The molecule has 0 spiro atoms. The second kappa shape index (κ2) is 12.2. The minimum absolute atomic E-state index is 0.0477. The first kappa shape index (κ1) is 28.2. The number of hydrogen-bond donors (Lipinski definition) is 2. The number of carboxylic acid groups (broad SMARTS) is 2. The lowest BCUT2D eigenvalue weighted by Crippen LogP contribution is -2.15. The van der Waals surface area contributed by atoms with Gasteiger partial charge in [0.25, 0.3) is 11.4 Å². The maximum absolute atomic E-state index is 12.3. The summed E-state index contributed by atoms with van der Waals surface area (Å²) in [6.45, 7) is 7.56. The number of benzene rings is 3. The van der Waals surface area contributed by atoms with Gasteiger partial charge in [0.2, 0.25) is 0 Å². The molecule has 0 saturated heterocycles. The van der Waals surface area contributed by atoms with Crippen molar-refractivity contribution in [1.82, 2.24) is 0 Å². The third-order valence-corrected chi connectivity index (χ3v) is 7.94. The first-order chi connectivity index (χ1) is 18.1. The van der Waals surface area contributed by atoms with Gasteiger partial charge in [-0.1, -0.05) is 36.4 Å². The monoisotopic (exact) mass is 552 g/mol. The van der Waals surface area contributed by atoms with Crippen LogP contribution in [0.4, 0.5) is 11.4 Å². The van der Waals surface area contributed by atoms with Gasteiger partial charge in [-0.25, -0.2) is 9.59 Å². The molecule has 194 valence electrons. The normalized spacial score (nSPS) is 12.2. The Kier molecular flexibility index (Phi) is 9.05. The molecule has 0 bridgehead atoms. The van der Waals surface area contributed by atoms with Gasteiger partial charge in [-0.2, -0.15) is 0 Å². The molecule has 0 fully saturated rings. The van der Waals surface area contributed by atoms with Crippen LogP contribution in [0, 0.1) is 20.2 Å². The van der Waals surface area contributed by atoms with Crippen molar-refractivity contribution in [2.75, 3.05) is 0 Å². The number of nitrogens with zero attached hydrogens (tertiary/aromatic N) is 2. The van der Waals surface area contributed by atoms with Gasteiger partial charge in [0.05, 0.1) is 41.3 Å². The zero-order valence-corrected chi connectivity index (χ0v) is 21.2. The van der Waals surface area contributed by atoms with Crippen LogP contribution in [0.25, 0.3) is 0 Å². The highest BCUT2D eigenvalue weighted by Gasteiger charge is 2.32. The third kappa shape index (κ3) is 5.93. The van der Waals surface area contributed by atoms with Crippen LogP contribution in [0.2, 0.25) is 0 Å². The first-order valence-corrected chi connectivity index (χ1v) is 12.5. The predicted molar refractivity (Wildman–Crippen MR) is 144 cm³/mol. The molecule has 2 atom stereocenters. The molecule has 2 N–H and O–H groups in total. The summed E-state index contributed by atoms with van der Waals surface area (Å²) in [6, 6.07) is 14.0. The zero-order chi connectivity index (χ0) is 28.0. The average molecular weight is 553 g/mol. The molecule has 0 heterocycles. The van der Waals surface area contributed by atoms with Gasteiger partial charge in [0.1, 0.15) is 0 Å². The van der Waals surface area contributed by atoms with E-state index in [0.717, 1.165) is 35.7 Å². The van der Waals surface area contributed by atoms with Crippen LogP contribution in [0.15, 0.2) is 95.8 Å². The largest absolute Gasteiger partial charge is 0.478 e. The Balaban J connectivity index is 2.29. The van der Waals surface area contributed by atoms with Crippen molar-refractivity contribution >= 4 is 46.8 Å². The van der Waals surface area contributed by atoms with Crippen molar-refractivity contribution in [3.63, 3.8) is 0 Å². The number of aromatic carboxylic acids is 2. The van der Waals surface area contributed by atoms with E-state index in [0.29, 0.717) is 0 Å². The summed E-state index contributed by atoms with van der Waals surface area (Å²) in [6.07, 6.45) is 2.74. The smallest absolute Gasteiger partial charge is 0.336 e. The molecule has 12 heteroatoms. The fourth-order valence-electron chi connectivity index (χ4n) is 3.76. The Hall–Kier alpha value is -4.42. The molecule has 3 aromatic rings. The number of carbonyl (C=O) groups is 2. The van der Waals surface area contributed by atoms with Crippen LogP contribution in [0.3, 0.4) is 0 Å². The van der Waals surface area contributed by atoms with Gasteiger partial charge in [-0.3, -0.25) is 20.2 Å². The van der Waals surface area contributed by atoms with Crippen LogP contribution in [0.1, 0.15) is 42.3 Å². The number of nitro groups is 2. The number of hydrogen-bond acceptors (Lipinski definition) is 8. The average Bonchev–Trinajstić information content (AvgIpc) is 2.89. The SMILES string of the molecule is C=CC(Sc1ccccc1[N+](=O)[O-])c1c(C(=O)O)ccc(C(=O)O)c1C(C=C)Sc1ccccc1[N+](=O)[O-]. The fraction of sp³-hybridized carbons (Fsp3) is 0.0769. The standard InChI is InChI=1S/C26H20N2O8S2/c1-3-19(37-21-11-7-5-9-17(21)27(33)34)23-15(25(29)30)13-14-16(26(31)32)24(23)20(4-2)38-22-12-8-6-10-18(22)28(35)36/h3-14,19-20H,1-2H2,(H,29,30)(H,31,32). The molecule has 3 aromatic carbocycles. The highest BCUT2D eigenvalue weighted by atomic mass is 32.2. The molecule has 0 aliphatic rings. The molecule has 0 aromatic heterocycles. The van der Waals surface area contributed by atoms with E-state index in [-0.39, 0.29) is 43.4 Å². The number of rotatable bonds is 12. The Labute approximate surface area is 225 Å². The van der Waals surface area contributed by atoms with E-state index in [1.807, 2.05) is 0 Å². The quantitative estimate of drug-likeness (QED) is 0.104. The van der Waals surface area contributed by atoms with Crippen molar-refractivity contribution in [3.8, 4) is 0 Å². The molecular weight excluding hydrogens is 532 g/mol. The molecular formula is C26H20N2O8S2. The van der Waals surface area contributed by atoms with Gasteiger partial charge in [0, 0.05) is 12.1 Å². The summed E-state index contributed by atoms with van der Waals surface area (Å²) >= 11 is 1.87. The summed E-state index contributed by atoms with van der Waals surface area (Å²) < 4.78 is 0. The van der Waals surface area contributed by atoms with Gasteiger partial charge in [-0.15, -0.1) is 36.7 Å². The molecule has 0 aliphatic heterocycles. The van der Waals surface area contributed by atoms with Crippen LogP contribution in [0.5, 0.6) is 0 Å². The highest BCUT2D eigenvalue weighted by molar-refractivity contribution is 8.00. The highest BCUT2D eigenvalue weighted by Crippen LogP contribution is 2.49. The van der Waals surface area contributed by atoms with Crippen molar-refractivity contribution in [2.24, 2.45) is 0 Å². The molecule has 0 saturated carbocycles. The third-order valence-electron chi connectivity index (χ3n) is 5.38. The van der Waals surface area contributed by atoms with Crippen molar-refractivity contribution in [1.29, 1.82) is 0 Å². The van der Waals surface area contributed by atoms with E-state index in [9.17, 15) is 40.0 Å². The number of carboxylic acids is 2. The molecule has 0 radical (unpaired) electrons. The van der Waals surface area contributed by atoms with E-state index in [1.165, 1.54) is 48.6 Å². The van der Waals surface area contributed by atoms with Crippen molar-refractivity contribution < 1.29 is 29.6 Å². The minimum atomic E-state index is -1.35. The number of nitro benzene ring substituents is 2. The maximum Gasteiger partial charge on any atom is 0.336 e. The fourth-order valence-corrected chi connectivity index (χ4v) is 6.09. The summed E-state index contributed by atoms with van der Waals surface area (Å²) in [5.74, 6) is -2.71. The number of para-hydroxylation sites is 2. The summed E-state index contributed by atoms with van der Waals surface area (Å²) in [5.41, 5.74) is -0.816. The van der Waals surface area contributed by atoms with E-state index >= 15 is 0 Å². The van der Waals surface area contributed by atoms with E-state index in [4.69, 9.17) is 0 Å². The number of thioether (sulfide) groups is 2. The van der Waals surface area contributed by atoms with Gasteiger partial charge in [0.15, 0.2) is 0 Å². The van der Waals surface area contributed by atoms with Gasteiger partial charge < -0.3 is 10.2 Å². The molecule has 10 nitrogen and oxygen atoms in total. The molecule has 2 unspecified atom stereocenters. The van der Waals surface area contributed by atoms with Crippen LogP contribution in [-0.4, -0.2) is 32.0 Å². The summed E-state index contributed by atoms with van der Waals surface area (Å²) in [5, 5.41) is 41.3. The van der Waals surface area contributed by atoms with E-state index in [2.05, 4.69) is 13.2 Å². The zero-order valence-electron chi connectivity index (χ0n) is 19.6. The topological polar surface area (TPSA) is 161 Å². The Morgan fingerprint density at radius 2 is 1.05 bits per heavy atom. The van der Waals surface area contributed by atoms with E-state index in [1.54, 1.807) is 12.1 Å². The lowest BCUT2D eigenvalue weighted by molar-refractivity contribution is -0.387. The first-order valence-electron chi connectivity index (χ1n) is 10.8. The Morgan fingerprint density at radius 1 is 0.711 bits per heavy atom. The lowest BCUT2D eigenvalue weighted by atomic mass is 9.91. The summed E-state index contributed by atoms with van der Waals surface area (Å²) in [4.78, 5) is 47.0. The minimum Gasteiger partial charge on any atom is -0.478 e. The lowest BCUT2D eigenvalue weighted by Gasteiger charge is -2.25. The van der Waals surface area contributed by atoms with Gasteiger partial charge in [-0.05, 0) is 35.4 Å². The predicted octanol–water partition coefficient (Wildman–Crippen LogP) is 6.94. The molecule has 3 rings (SSSR count). The Morgan fingerprint density at radius 3 is 1.34 bits per heavy atom. The van der Waals surface area contributed by atoms with Crippen LogP contribution in [-0.2, 0) is 0 Å². The van der Waals surface area contributed by atoms with E-state index < -0.39 is 32.3 Å². The molecule has 0 amide bonds. The van der Waals surface area contributed by atoms with Crippen LogP contribution < -0.4 is 0 Å². The second-order valence-corrected chi connectivity index (χ2v) is 9.96. The molecule has 0 aliphatic carbocycles. The second-order valence-electron chi connectivity index (χ2n) is 7.60.